The average Bonchev–Trinajstić information content (AvgIpc) is 3.03. The second-order valence-electron chi connectivity index (χ2n) is 5.29. The maximum Gasteiger partial charge on any atom is 0.134 e. The van der Waals surface area contributed by atoms with Gasteiger partial charge in [-0.3, -0.25) is 0 Å². The van der Waals surface area contributed by atoms with Crippen LogP contribution in [0.4, 0.5) is 0 Å². The molecule has 0 saturated carbocycles. The highest BCUT2D eigenvalue weighted by molar-refractivity contribution is 9.10. The Morgan fingerprint density at radius 3 is 2.41 bits per heavy atom. The molecule has 3 rings (SSSR count). The first-order valence-electron chi connectivity index (χ1n) is 7.35. The van der Waals surface area contributed by atoms with E-state index in [1.807, 2.05) is 42.5 Å². The van der Waals surface area contributed by atoms with Crippen LogP contribution in [-0.2, 0) is 6.54 Å². The maximum absolute atomic E-state index is 5.92. The van der Waals surface area contributed by atoms with Crippen LogP contribution in [0.5, 0.6) is 0 Å². The SMILES string of the molecule is CC(NCc1ccc(-c2ccc(Br)cc2)o1)c1ccccc1. The van der Waals surface area contributed by atoms with E-state index in [1.165, 1.54) is 5.56 Å². The minimum absolute atomic E-state index is 0.294. The van der Waals surface area contributed by atoms with Crippen molar-refractivity contribution in [1.82, 2.24) is 5.32 Å². The van der Waals surface area contributed by atoms with E-state index in [4.69, 9.17) is 4.42 Å². The molecule has 0 saturated heterocycles. The van der Waals surface area contributed by atoms with E-state index in [0.717, 1.165) is 21.6 Å². The Hall–Kier alpha value is -1.84. The summed E-state index contributed by atoms with van der Waals surface area (Å²) in [5, 5.41) is 3.49. The maximum atomic E-state index is 5.92. The van der Waals surface area contributed by atoms with Crippen LogP contribution in [0.25, 0.3) is 11.3 Å². The van der Waals surface area contributed by atoms with Crippen LogP contribution < -0.4 is 5.32 Å². The van der Waals surface area contributed by atoms with Crippen molar-refractivity contribution in [3.8, 4) is 11.3 Å². The van der Waals surface area contributed by atoms with E-state index in [9.17, 15) is 0 Å². The van der Waals surface area contributed by atoms with Crippen LogP contribution in [0.2, 0.25) is 0 Å². The third-order valence-electron chi connectivity index (χ3n) is 3.67. The molecule has 112 valence electrons. The van der Waals surface area contributed by atoms with Gasteiger partial charge in [-0.2, -0.15) is 0 Å². The van der Waals surface area contributed by atoms with Gasteiger partial charge in [0, 0.05) is 16.1 Å². The van der Waals surface area contributed by atoms with Crippen LogP contribution in [0.1, 0.15) is 24.3 Å². The molecule has 0 spiro atoms. The van der Waals surface area contributed by atoms with E-state index >= 15 is 0 Å². The van der Waals surface area contributed by atoms with E-state index in [2.05, 4.69) is 52.4 Å². The van der Waals surface area contributed by atoms with E-state index in [-0.39, 0.29) is 0 Å². The molecule has 22 heavy (non-hydrogen) atoms. The van der Waals surface area contributed by atoms with Crippen molar-refractivity contribution in [3.05, 3.63) is 82.5 Å². The number of halogens is 1. The van der Waals surface area contributed by atoms with Gasteiger partial charge < -0.3 is 9.73 Å². The number of hydrogen-bond donors (Lipinski definition) is 1. The van der Waals surface area contributed by atoms with Gasteiger partial charge in [-0.1, -0.05) is 58.4 Å². The summed E-state index contributed by atoms with van der Waals surface area (Å²) in [7, 11) is 0. The van der Waals surface area contributed by atoms with Gasteiger partial charge in [-0.25, -0.2) is 0 Å². The van der Waals surface area contributed by atoms with Crippen LogP contribution in [0, 0.1) is 0 Å². The molecule has 1 heterocycles. The quantitative estimate of drug-likeness (QED) is 0.647. The fraction of sp³-hybridized carbons (Fsp3) is 0.158. The largest absolute Gasteiger partial charge is 0.460 e. The highest BCUT2D eigenvalue weighted by Crippen LogP contribution is 2.24. The second-order valence-corrected chi connectivity index (χ2v) is 6.20. The molecule has 0 bridgehead atoms. The molecule has 0 radical (unpaired) electrons. The van der Waals surface area contributed by atoms with Gasteiger partial charge in [0.05, 0.1) is 6.54 Å². The first kappa shape index (κ1) is 15.1. The predicted octanol–water partition coefficient (Wildman–Crippen LogP) is 5.56. The van der Waals surface area contributed by atoms with Crippen LogP contribution in [0.3, 0.4) is 0 Å². The zero-order valence-corrected chi connectivity index (χ0v) is 14.0. The van der Waals surface area contributed by atoms with Crippen molar-refractivity contribution in [2.75, 3.05) is 0 Å². The number of rotatable bonds is 5. The van der Waals surface area contributed by atoms with Gasteiger partial charge in [0.1, 0.15) is 11.5 Å². The molecular weight excluding hydrogens is 338 g/mol. The molecule has 0 amide bonds. The summed E-state index contributed by atoms with van der Waals surface area (Å²) in [5.74, 6) is 1.84. The number of nitrogens with one attached hydrogen (secondary N) is 1. The first-order chi connectivity index (χ1) is 10.7. The molecule has 3 aromatic rings. The lowest BCUT2D eigenvalue weighted by atomic mass is 10.1. The molecule has 0 fully saturated rings. The Kier molecular flexibility index (Phi) is 4.76. The molecule has 1 atom stereocenters. The topological polar surface area (TPSA) is 25.2 Å². The van der Waals surface area contributed by atoms with Gasteiger partial charge >= 0.3 is 0 Å². The molecule has 3 heteroatoms. The van der Waals surface area contributed by atoms with Crippen LogP contribution >= 0.6 is 15.9 Å². The summed E-state index contributed by atoms with van der Waals surface area (Å²) in [6, 6.07) is 22.9. The van der Waals surface area contributed by atoms with E-state index in [1.54, 1.807) is 0 Å². The van der Waals surface area contributed by atoms with Crippen molar-refractivity contribution in [2.24, 2.45) is 0 Å². The number of benzene rings is 2. The minimum Gasteiger partial charge on any atom is -0.460 e. The molecule has 2 aromatic carbocycles. The van der Waals surface area contributed by atoms with Crippen LogP contribution in [-0.4, -0.2) is 0 Å². The Labute approximate surface area is 139 Å². The van der Waals surface area contributed by atoms with Gasteiger partial charge in [0.25, 0.3) is 0 Å². The normalized spacial score (nSPS) is 12.3. The fourth-order valence-electron chi connectivity index (χ4n) is 2.36. The second kappa shape index (κ2) is 6.95. The average molecular weight is 356 g/mol. The highest BCUT2D eigenvalue weighted by Gasteiger charge is 2.07. The van der Waals surface area contributed by atoms with Gasteiger partial charge in [0.2, 0.25) is 0 Å². The van der Waals surface area contributed by atoms with Crippen molar-refractivity contribution >= 4 is 15.9 Å². The Balaban J connectivity index is 1.63. The lowest BCUT2D eigenvalue weighted by Crippen LogP contribution is -2.17. The van der Waals surface area contributed by atoms with Gasteiger partial charge in [-0.05, 0) is 36.8 Å². The zero-order valence-electron chi connectivity index (χ0n) is 12.4. The van der Waals surface area contributed by atoms with Crippen molar-refractivity contribution in [1.29, 1.82) is 0 Å². The molecule has 0 aliphatic carbocycles. The van der Waals surface area contributed by atoms with Gasteiger partial charge in [-0.15, -0.1) is 0 Å². The summed E-state index contributed by atoms with van der Waals surface area (Å²) < 4.78 is 6.99. The minimum atomic E-state index is 0.294. The Morgan fingerprint density at radius 1 is 0.955 bits per heavy atom. The van der Waals surface area contributed by atoms with Gasteiger partial charge in [0.15, 0.2) is 0 Å². The monoisotopic (exact) mass is 355 g/mol. The molecule has 1 N–H and O–H groups in total. The molecule has 0 aliphatic heterocycles. The van der Waals surface area contributed by atoms with Crippen molar-refractivity contribution < 1.29 is 4.42 Å². The summed E-state index contributed by atoms with van der Waals surface area (Å²) in [4.78, 5) is 0. The molecule has 1 aromatic heterocycles. The third-order valence-corrected chi connectivity index (χ3v) is 4.20. The summed E-state index contributed by atoms with van der Waals surface area (Å²) in [6.07, 6.45) is 0. The Bertz CT molecular complexity index is 719. The lowest BCUT2D eigenvalue weighted by Gasteiger charge is -2.12. The van der Waals surface area contributed by atoms with Crippen molar-refractivity contribution in [3.63, 3.8) is 0 Å². The first-order valence-corrected chi connectivity index (χ1v) is 8.14. The zero-order chi connectivity index (χ0) is 15.4. The van der Waals surface area contributed by atoms with E-state index in [0.29, 0.717) is 12.6 Å². The molecule has 2 nitrogen and oxygen atoms in total. The Morgan fingerprint density at radius 2 is 1.68 bits per heavy atom. The predicted molar refractivity (Wildman–Crippen MR) is 93.5 cm³/mol. The summed E-state index contributed by atoms with van der Waals surface area (Å²) >= 11 is 3.45. The standard InChI is InChI=1S/C19H18BrNO/c1-14(15-5-3-2-4-6-15)21-13-18-11-12-19(22-18)16-7-9-17(20)10-8-16/h2-12,14,21H,13H2,1H3. The smallest absolute Gasteiger partial charge is 0.134 e. The molecular formula is C19H18BrNO. The summed E-state index contributed by atoms with van der Waals surface area (Å²) in [6.45, 7) is 2.88. The summed E-state index contributed by atoms with van der Waals surface area (Å²) in [5.41, 5.74) is 2.37. The number of hydrogen-bond acceptors (Lipinski definition) is 2. The fourth-order valence-corrected chi connectivity index (χ4v) is 2.62. The lowest BCUT2D eigenvalue weighted by molar-refractivity contribution is 0.468. The van der Waals surface area contributed by atoms with Crippen LogP contribution in [0.15, 0.2) is 75.6 Å². The highest BCUT2D eigenvalue weighted by atomic mass is 79.9. The molecule has 0 aliphatic rings. The third kappa shape index (κ3) is 3.67. The number of furan rings is 1. The van der Waals surface area contributed by atoms with E-state index < -0.39 is 0 Å². The van der Waals surface area contributed by atoms with Crippen molar-refractivity contribution in [2.45, 2.75) is 19.5 Å². The molecule has 1 unspecified atom stereocenters.